The van der Waals surface area contributed by atoms with Crippen LogP contribution in [0.15, 0.2) is 24.3 Å². The molecule has 0 amide bonds. The minimum absolute atomic E-state index is 0.412. The fraction of sp³-hybridized carbons (Fsp3) is 0.500. The smallest absolute Gasteiger partial charge is 0.373 e. The number of hydrogen-bond acceptors (Lipinski definition) is 4. The Labute approximate surface area is 103 Å². The molecule has 1 atom stereocenters. The summed E-state index contributed by atoms with van der Waals surface area (Å²) in [7, 11) is 2.18. The molecule has 1 aliphatic heterocycles. The first kappa shape index (κ1) is 12.7. The maximum absolute atomic E-state index is 5.43. The molecule has 1 unspecified atom stereocenters. The van der Waals surface area contributed by atoms with Crippen LogP contribution in [0.5, 0.6) is 0 Å². The van der Waals surface area contributed by atoms with E-state index in [1.807, 2.05) is 12.1 Å². The van der Waals surface area contributed by atoms with E-state index < -0.39 is 8.80 Å². The van der Waals surface area contributed by atoms with Crippen molar-refractivity contribution in [3.63, 3.8) is 0 Å². The van der Waals surface area contributed by atoms with Crippen molar-refractivity contribution >= 4 is 14.0 Å². The first-order chi connectivity index (χ1) is 8.24. The summed E-state index contributed by atoms with van der Waals surface area (Å²) in [5.41, 5.74) is 1.27. The second kappa shape index (κ2) is 5.28. The number of rotatable bonds is 6. The van der Waals surface area contributed by atoms with E-state index in [0.29, 0.717) is 6.10 Å². The Morgan fingerprint density at radius 2 is 1.65 bits per heavy atom. The molecule has 1 aliphatic rings. The number of epoxide rings is 1. The molecule has 1 heterocycles. The lowest BCUT2D eigenvalue weighted by molar-refractivity contribution is 0.140. The summed E-state index contributed by atoms with van der Waals surface area (Å²) in [6, 6.07) is 8.19. The molecule has 0 aliphatic carbocycles. The van der Waals surface area contributed by atoms with Gasteiger partial charge < -0.3 is 18.0 Å². The Kier molecular flexibility index (Phi) is 3.96. The summed E-state index contributed by atoms with van der Waals surface area (Å²) >= 11 is 0. The van der Waals surface area contributed by atoms with Crippen molar-refractivity contribution in [1.82, 2.24) is 0 Å². The highest BCUT2D eigenvalue weighted by molar-refractivity contribution is 6.75. The van der Waals surface area contributed by atoms with Crippen LogP contribution in [0.4, 0.5) is 0 Å². The molecule has 0 radical (unpaired) electrons. The van der Waals surface area contributed by atoms with Crippen molar-refractivity contribution in [2.45, 2.75) is 12.5 Å². The topological polar surface area (TPSA) is 40.2 Å². The molecule has 17 heavy (non-hydrogen) atoms. The molecule has 1 saturated heterocycles. The van der Waals surface area contributed by atoms with Crippen LogP contribution in [0.3, 0.4) is 0 Å². The zero-order chi connectivity index (χ0) is 12.3. The average Bonchev–Trinajstić information content (AvgIpc) is 3.18. The van der Waals surface area contributed by atoms with Gasteiger partial charge in [-0.3, -0.25) is 0 Å². The lowest BCUT2D eigenvalue weighted by Crippen LogP contribution is -2.54. The monoisotopic (exact) mass is 254 g/mol. The molecule has 1 aromatic rings. The maximum Gasteiger partial charge on any atom is 0.536 e. The molecular weight excluding hydrogens is 236 g/mol. The summed E-state index contributed by atoms with van der Waals surface area (Å²) in [6.07, 6.45) is 1.39. The summed E-state index contributed by atoms with van der Waals surface area (Å²) in [5.74, 6) is 0. The highest BCUT2D eigenvalue weighted by Crippen LogP contribution is 2.16. The first-order valence-electron chi connectivity index (χ1n) is 5.60. The third kappa shape index (κ3) is 2.75. The standard InChI is InChI=1S/C12H18O4Si/c1-13-17(14-2,15-3)12-6-4-10(5-7-12)8-11-9-16-11/h4-7,11H,8-9H2,1-3H3. The predicted octanol–water partition coefficient (Wildman–Crippen LogP) is 0.713. The average molecular weight is 254 g/mol. The highest BCUT2D eigenvalue weighted by atomic mass is 28.4. The molecule has 2 rings (SSSR count). The van der Waals surface area contributed by atoms with Gasteiger partial charge in [0, 0.05) is 32.9 Å². The molecule has 0 bridgehead atoms. The molecule has 0 spiro atoms. The lowest BCUT2D eigenvalue weighted by Gasteiger charge is -2.24. The largest absolute Gasteiger partial charge is 0.536 e. The maximum atomic E-state index is 5.43. The van der Waals surface area contributed by atoms with Gasteiger partial charge in [0.25, 0.3) is 0 Å². The van der Waals surface area contributed by atoms with E-state index in [4.69, 9.17) is 18.0 Å². The minimum Gasteiger partial charge on any atom is -0.373 e. The Balaban J connectivity index is 2.14. The van der Waals surface area contributed by atoms with E-state index in [-0.39, 0.29) is 0 Å². The summed E-state index contributed by atoms with van der Waals surface area (Å²) in [6.45, 7) is 0.884. The van der Waals surface area contributed by atoms with E-state index in [1.54, 1.807) is 21.3 Å². The molecule has 0 N–H and O–H groups in total. The van der Waals surface area contributed by atoms with Crippen molar-refractivity contribution in [3.8, 4) is 0 Å². The first-order valence-corrected chi connectivity index (χ1v) is 7.33. The predicted molar refractivity (Wildman–Crippen MR) is 66.3 cm³/mol. The van der Waals surface area contributed by atoms with Gasteiger partial charge >= 0.3 is 8.80 Å². The highest BCUT2D eigenvalue weighted by Gasteiger charge is 2.40. The molecule has 0 saturated carbocycles. The van der Waals surface area contributed by atoms with Crippen molar-refractivity contribution in [3.05, 3.63) is 29.8 Å². The van der Waals surface area contributed by atoms with Crippen LogP contribution in [0.2, 0.25) is 0 Å². The van der Waals surface area contributed by atoms with Gasteiger partial charge in [-0.25, -0.2) is 0 Å². The Bertz CT molecular complexity index is 349. The number of benzene rings is 1. The molecule has 1 aromatic carbocycles. The van der Waals surface area contributed by atoms with Gasteiger partial charge in [-0.1, -0.05) is 24.3 Å². The molecule has 4 nitrogen and oxygen atoms in total. The zero-order valence-corrected chi connectivity index (χ0v) is 11.4. The third-order valence-corrected chi connectivity index (χ3v) is 5.63. The normalized spacial score (nSPS) is 19.4. The van der Waals surface area contributed by atoms with Gasteiger partial charge in [-0.2, -0.15) is 0 Å². The van der Waals surface area contributed by atoms with Gasteiger partial charge in [0.05, 0.1) is 12.7 Å². The summed E-state index contributed by atoms with van der Waals surface area (Å²) in [4.78, 5) is 0. The van der Waals surface area contributed by atoms with Crippen LogP contribution in [-0.2, 0) is 24.4 Å². The van der Waals surface area contributed by atoms with Gasteiger partial charge in [0.2, 0.25) is 0 Å². The lowest BCUT2D eigenvalue weighted by atomic mass is 10.1. The van der Waals surface area contributed by atoms with Crippen LogP contribution in [0.1, 0.15) is 5.56 Å². The minimum atomic E-state index is -2.67. The second-order valence-corrected chi connectivity index (χ2v) is 6.94. The van der Waals surface area contributed by atoms with Crippen LogP contribution < -0.4 is 5.19 Å². The van der Waals surface area contributed by atoms with Crippen molar-refractivity contribution < 1.29 is 18.0 Å². The molecule has 1 fully saturated rings. The number of hydrogen-bond donors (Lipinski definition) is 0. The van der Waals surface area contributed by atoms with E-state index >= 15 is 0 Å². The van der Waals surface area contributed by atoms with E-state index in [1.165, 1.54) is 5.56 Å². The summed E-state index contributed by atoms with van der Waals surface area (Å²) < 4.78 is 21.5. The fourth-order valence-electron chi connectivity index (χ4n) is 1.90. The van der Waals surface area contributed by atoms with Crippen molar-refractivity contribution in [2.24, 2.45) is 0 Å². The molecular formula is C12H18O4Si. The third-order valence-electron chi connectivity index (χ3n) is 2.98. The van der Waals surface area contributed by atoms with Crippen LogP contribution in [0, 0.1) is 0 Å². The van der Waals surface area contributed by atoms with Crippen molar-refractivity contribution in [2.75, 3.05) is 27.9 Å². The molecule has 5 heteroatoms. The van der Waals surface area contributed by atoms with Crippen molar-refractivity contribution in [1.29, 1.82) is 0 Å². The SMILES string of the molecule is CO[Si](OC)(OC)c1ccc(CC2CO2)cc1. The van der Waals surface area contributed by atoms with Gasteiger partial charge in [0.1, 0.15) is 0 Å². The quantitative estimate of drug-likeness (QED) is 0.554. The molecule has 94 valence electrons. The van der Waals surface area contributed by atoms with Gasteiger partial charge in [-0.15, -0.1) is 0 Å². The van der Waals surface area contributed by atoms with E-state index in [0.717, 1.165) is 18.2 Å². The number of ether oxygens (including phenoxy) is 1. The Morgan fingerprint density at radius 3 is 2.06 bits per heavy atom. The van der Waals surface area contributed by atoms with E-state index in [2.05, 4.69) is 12.1 Å². The Hall–Kier alpha value is -0.723. The molecule has 0 aromatic heterocycles. The fourth-order valence-corrected chi connectivity index (χ4v) is 3.68. The van der Waals surface area contributed by atoms with Gasteiger partial charge in [0.15, 0.2) is 0 Å². The Morgan fingerprint density at radius 1 is 1.12 bits per heavy atom. The zero-order valence-electron chi connectivity index (χ0n) is 10.4. The second-order valence-electron chi connectivity index (χ2n) is 4.02. The summed E-state index contributed by atoms with van der Waals surface area (Å²) in [5, 5.41) is 0.977. The van der Waals surface area contributed by atoms with Gasteiger partial charge in [-0.05, 0) is 5.56 Å². The van der Waals surface area contributed by atoms with Crippen LogP contribution in [0.25, 0.3) is 0 Å². The van der Waals surface area contributed by atoms with E-state index in [9.17, 15) is 0 Å². The van der Waals surface area contributed by atoms with Crippen LogP contribution in [-0.4, -0.2) is 42.8 Å². The van der Waals surface area contributed by atoms with Crippen LogP contribution >= 0.6 is 0 Å².